The molecule has 0 bridgehead atoms. The number of ether oxygens (including phenoxy) is 1. The van der Waals surface area contributed by atoms with Crippen LogP contribution in [0.25, 0.3) is 11.0 Å². The van der Waals surface area contributed by atoms with Gasteiger partial charge in [-0.1, -0.05) is 75.6 Å². The number of halogens is 1. The molecule has 0 saturated heterocycles. The maximum Gasteiger partial charge on any atom is 0.153 e. The van der Waals surface area contributed by atoms with Crippen molar-refractivity contribution in [2.24, 2.45) is 0 Å². The number of aryl methyl sites for hydroxylation is 2. The van der Waals surface area contributed by atoms with Crippen molar-refractivity contribution >= 4 is 22.6 Å². The summed E-state index contributed by atoms with van der Waals surface area (Å²) in [5.74, 6) is 1.82. The molecule has 0 N–H and O–H groups in total. The van der Waals surface area contributed by atoms with Crippen molar-refractivity contribution in [1.29, 1.82) is 0 Å². The minimum atomic E-state index is -0.132. The van der Waals surface area contributed by atoms with Gasteiger partial charge in [-0.2, -0.15) is 0 Å². The lowest BCUT2D eigenvalue weighted by Gasteiger charge is -2.17. The standard InChI is InChI=1S/C26H35ClN2O/c1-4-5-6-7-8-9-10-13-18-29-25-15-12-11-14-24(25)28-26(29)21(3)30-22-16-17-23(27)20(2)19-22/h11-12,14-17,19,21H,4-10,13,18H2,1-3H3. The van der Waals surface area contributed by atoms with Crippen LogP contribution in [0.3, 0.4) is 0 Å². The first-order chi connectivity index (χ1) is 14.6. The number of benzene rings is 2. The van der Waals surface area contributed by atoms with E-state index in [-0.39, 0.29) is 6.10 Å². The van der Waals surface area contributed by atoms with Gasteiger partial charge >= 0.3 is 0 Å². The number of imidazole rings is 1. The second-order valence-electron chi connectivity index (χ2n) is 8.26. The molecule has 2 aromatic carbocycles. The lowest BCUT2D eigenvalue weighted by molar-refractivity contribution is 0.211. The minimum absolute atomic E-state index is 0.132. The molecule has 0 amide bonds. The zero-order valence-corrected chi connectivity index (χ0v) is 19.4. The smallest absolute Gasteiger partial charge is 0.153 e. The highest BCUT2D eigenvalue weighted by Gasteiger charge is 2.18. The highest BCUT2D eigenvalue weighted by atomic mass is 35.5. The van der Waals surface area contributed by atoms with Crippen LogP contribution in [-0.2, 0) is 6.54 Å². The Morgan fingerprint density at radius 2 is 1.67 bits per heavy atom. The molecule has 0 saturated carbocycles. The van der Waals surface area contributed by atoms with E-state index in [1.54, 1.807) is 0 Å². The molecule has 162 valence electrons. The molecule has 1 aromatic heterocycles. The number of nitrogens with zero attached hydrogens (tertiary/aromatic N) is 2. The molecular weight excluding hydrogens is 392 g/mol. The third-order valence-corrected chi connectivity index (χ3v) is 6.15. The van der Waals surface area contributed by atoms with E-state index in [0.717, 1.165) is 34.2 Å². The largest absolute Gasteiger partial charge is 0.483 e. The number of hydrogen-bond acceptors (Lipinski definition) is 2. The zero-order valence-electron chi connectivity index (χ0n) is 18.7. The summed E-state index contributed by atoms with van der Waals surface area (Å²) in [4.78, 5) is 4.91. The van der Waals surface area contributed by atoms with Crippen molar-refractivity contribution in [2.45, 2.75) is 84.8 Å². The van der Waals surface area contributed by atoms with Gasteiger partial charge in [0, 0.05) is 11.6 Å². The fraction of sp³-hybridized carbons (Fsp3) is 0.500. The number of rotatable bonds is 12. The molecule has 1 heterocycles. The van der Waals surface area contributed by atoms with Crippen LogP contribution < -0.4 is 4.74 Å². The van der Waals surface area contributed by atoms with Crippen LogP contribution in [0, 0.1) is 6.92 Å². The first-order valence-electron chi connectivity index (χ1n) is 11.5. The Morgan fingerprint density at radius 1 is 0.967 bits per heavy atom. The third kappa shape index (κ3) is 6.01. The van der Waals surface area contributed by atoms with Gasteiger partial charge in [0.25, 0.3) is 0 Å². The molecule has 0 fully saturated rings. The summed E-state index contributed by atoms with van der Waals surface area (Å²) in [6.45, 7) is 7.33. The van der Waals surface area contributed by atoms with Gasteiger partial charge in [0.1, 0.15) is 5.75 Å². The van der Waals surface area contributed by atoms with Crippen LogP contribution in [0.1, 0.15) is 82.7 Å². The maximum atomic E-state index is 6.25. The predicted octanol–water partition coefficient (Wildman–Crippen LogP) is 8.28. The van der Waals surface area contributed by atoms with Gasteiger partial charge in [-0.15, -0.1) is 0 Å². The molecule has 0 aliphatic rings. The summed E-state index contributed by atoms with van der Waals surface area (Å²) in [7, 11) is 0. The van der Waals surface area contributed by atoms with Crippen LogP contribution in [0.5, 0.6) is 5.75 Å². The van der Waals surface area contributed by atoms with Gasteiger partial charge in [0.05, 0.1) is 11.0 Å². The highest BCUT2D eigenvalue weighted by Crippen LogP contribution is 2.28. The molecular formula is C26H35ClN2O. The molecule has 4 heteroatoms. The van der Waals surface area contributed by atoms with E-state index in [4.69, 9.17) is 21.3 Å². The van der Waals surface area contributed by atoms with E-state index in [1.807, 2.05) is 31.2 Å². The van der Waals surface area contributed by atoms with E-state index in [9.17, 15) is 0 Å². The van der Waals surface area contributed by atoms with Crippen LogP contribution in [-0.4, -0.2) is 9.55 Å². The lowest BCUT2D eigenvalue weighted by atomic mass is 10.1. The molecule has 1 atom stereocenters. The Hall–Kier alpha value is -2.00. The third-order valence-electron chi connectivity index (χ3n) is 5.73. The molecule has 3 rings (SSSR count). The zero-order chi connectivity index (χ0) is 21.3. The highest BCUT2D eigenvalue weighted by molar-refractivity contribution is 6.31. The topological polar surface area (TPSA) is 27.1 Å². The normalized spacial score (nSPS) is 12.4. The van der Waals surface area contributed by atoms with Crippen LogP contribution in [0.2, 0.25) is 5.02 Å². The summed E-state index contributed by atoms with van der Waals surface area (Å²) in [5.41, 5.74) is 3.25. The Kier molecular flexibility index (Phi) is 8.62. The Bertz CT molecular complexity index is 934. The Labute approximate surface area is 186 Å². The van der Waals surface area contributed by atoms with E-state index in [2.05, 4.69) is 36.6 Å². The van der Waals surface area contributed by atoms with Crippen molar-refractivity contribution in [3.05, 3.63) is 58.9 Å². The number of unbranched alkanes of at least 4 members (excludes halogenated alkanes) is 7. The summed E-state index contributed by atoms with van der Waals surface area (Å²) in [5, 5.41) is 0.761. The van der Waals surface area contributed by atoms with E-state index in [0.29, 0.717) is 0 Å². The van der Waals surface area contributed by atoms with E-state index < -0.39 is 0 Å². The fourth-order valence-corrected chi connectivity index (χ4v) is 4.11. The molecule has 0 aliphatic heterocycles. The SMILES string of the molecule is CCCCCCCCCCn1c(C(C)Oc2ccc(Cl)c(C)c2)nc2ccccc21. The van der Waals surface area contributed by atoms with Crippen molar-refractivity contribution in [3.8, 4) is 5.75 Å². The predicted molar refractivity (Wildman–Crippen MR) is 128 cm³/mol. The van der Waals surface area contributed by atoms with Gasteiger partial charge in [0.2, 0.25) is 0 Å². The lowest BCUT2D eigenvalue weighted by Crippen LogP contribution is -2.12. The van der Waals surface area contributed by atoms with Gasteiger partial charge in [-0.3, -0.25) is 0 Å². The van der Waals surface area contributed by atoms with Crippen molar-refractivity contribution in [2.75, 3.05) is 0 Å². The Balaban J connectivity index is 1.66. The van der Waals surface area contributed by atoms with Crippen molar-refractivity contribution < 1.29 is 4.74 Å². The van der Waals surface area contributed by atoms with Crippen molar-refractivity contribution in [3.63, 3.8) is 0 Å². The number of fused-ring (bicyclic) bond motifs is 1. The van der Waals surface area contributed by atoms with Gasteiger partial charge in [-0.05, 0) is 56.2 Å². The van der Waals surface area contributed by atoms with Crippen molar-refractivity contribution in [1.82, 2.24) is 9.55 Å². The monoisotopic (exact) mass is 426 g/mol. The number of aromatic nitrogens is 2. The molecule has 1 unspecified atom stereocenters. The Morgan fingerprint density at radius 3 is 2.40 bits per heavy atom. The molecule has 0 radical (unpaired) electrons. The quantitative estimate of drug-likeness (QED) is 0.272. The molecule has 30 heavy (non-hydrogen) atoms. The van der Waals surface area contributed by atoms with E-state index >= 15 is 0 Å². The van der Waals surface area contributed by atoms with Crippen LogP contribution in [0.15, 0.2) is 42.5 Å². The van der Waals surface area contributed by atoms with Crippen LogP contribution in [0.4, 0.5) is 0 Å². The summed E-state index contributed by atoms with van der Waals surface area (Å²) in [6, 6.07) is 14.2. The molecule has 0 spiro atoms. The second-order valence-corrected chi connectivity index (χ2v) is 8.66. The number of para-hydroxylation sites is 2. The summed E-state index contributed by atoms with van der Waals surface area (Å²) < 4.78 is 8.59. The first-order valence-corrected chi connectivity index (χ1v) is 11.9. The second kappa shape index (κ2) is 11.4. The van der Waals surface area contributed by atoms with E-state index in [1.165, 1.54) is 56.9 Å². The average Bonchev–Trinajstić information content (AvgIpc) is 3.11. The first kappa shape index (κ1) is 22.7. The molecule has 3 nitrogen and oxygen atoms in total. The van der Waals surface area contributed by atoms with Gasteiger partial charge < -0.3 is 9.30 Å². The minimum Gasteiger partial charge on any atom is -0.483 e. The fourth-order valence-electron chi connectivity index (χ4n) is 3.99. The number of hydrogen-bond donors (Lipinski definition) is 0. The summed E-state index contributed by atoms with van der Waals surface area (Å²) >= 11 is 6.16. The van der Waals surface area contributed by atoms with Gasteiger partial charge in [0.15, 0.2) is 11.9 Å². The van der Waals surface area contributed by atoms with Gasteiger partial charge in [-0.25, -0.2) is 4.98 Å². The summed E-state index contributed by atoms with van der Waals surface area (Å²) in [6.07, 6.45) is 10.4. The molecule has 3 aromatic rings. The molecule has 0 aliphatic carbocycles. The maximum absolute atomic E-state index is 6.25. The average molecular weight is 427 g/mol. The van der Waals surface area contributed by atoms with Crippen LogP contribution >= 0.6 is 11.6 Å².